The molecule has 0 bridgehead atoms. The Hall–Kier alpha value is -2.11. The van der Waals surface area contributed by atoms with Crippen LogP contribution in [0.25, 0.3) is 0 Å². The molecule has 0 radical (unpaired) electrons. The summed E-state index contributed by atoms with van der Waals surface area (Å²) in [6.45, 7) is 1.42. The Morgan fingerprint density at radius 1 is 1.45 bits per heavy atom. The molecule has 0 spiro atoms. The molecule has 0 aromatic carbocycles. The predicted octanol–water partition coefficient (Wildman–Crippen LogP) is 1.43. The Bertz CT molecular complexity index is 478. The number of likely N-dealkylation sites (tertiary alicyclic amines) is 1. The summed E-state index contributed by atoms with van der Waals surface area (Å²) in [4.78, 5) is 30.5. The molecule has 1 aromatic heterocycles. The van der Waals surface area contributed by atoms with E-state index in [9.17, 15) is 9.59 Å². The number of piperidine rings is 1. The molecular weight excluding hydrogens is 258 g/mol. The van der Waals surface area contributed by atoms with Gasteiger partial charge < -0.3 is 14.9 Å². The minimum atomic E-state index is -0.820. The average molecular weight is 277 g/mol. The molecule has 1 N–H and O–H groups in total. The van der Waals surface area contributed by atoms with Crippen molar-refractivity contribution in [3.8, 4) is 0 Å². The summed E-state index contributed by atoms with van der Waals surface area (Å²) in [6.07, 6.45) is 4.77. The number of nitrogens with zero attached hydrogens (tertiary/aromatic N) is 3. The van der Waals surface area contributed by atoms with Crippen LogP contribution in [-0.4, -0.2) is 52.0 Å². The number of carboxylic acid groups (broad SMARTS) is 1. The number of rotatable bonds is 3. The van der Waals surface area contributed by atoms with E-state index in [2.05, 4.69) is 4.98 Å². The van der Waals surface area contributed by atoms with Crippen LogP contribution in [0, 0.1) is 5.92 Å². The van der Waals surface area contributed by atoms with Gasteiger partial charge in [-0.1, -0.05) is 0 Å². The molecule has 6 heteroatoms. The fraction of sp³-hybridized carbons (Fsp3) is 0.500. The molecule has 1 aromatic rings. The van der Waals surface area contributed by atoms with Gasteiger partial charge in [-0.2, -0.15) is 0 Å². The summed E-state index contributed by atoms with van der Waals surface area (Å²) in [5.41, 5.74) is 1.00. The highest BCUT2D eigenvalue weighted by Crippen LogP contribution is 2.18. The standard InChI is InChI=1S/C14H19N3O3/c1-16(9-11-4-6-15-7-5-11)14(20)17-8-2-3-12(10-17)13(18)19/h4-7,12H,2-3,8-10H2,1H3,(H,18,19). The van der Waals surface area contributed by atoms with Gasteiger partial charge in [-0.05, 0) is 30.5 Å². The summed E-state index contributed by atoms with van der Waals surface area (Å²) in [5, 5.41) is 9.05. The number of pyridine rings is 1. The maximum atomic E-state index is 12.3. The van der Waals surface area contributed by atoms with Gasteiger partial charge in [0.25, 0.3) is 0 Å². The molecule has 1 atom stereocenters. The van der Waals surface area contributed by atoms with Crippen LogP contribution < -0.4 is 0 Å². The van der Waals surface area contributed by atoms with E-state index in [1.807, 2.05) is 12.1 Å². The lowest BCUT2D eigenvalue weighted by molar-refractivity contribution is -0.143. The van der Waals surface area contributed by atoms with Gasteiger partial charge in [-0.25, -0.2) is 4.79 Å². The lowest BCUT2D eigenvalue weighted by atomic mass is 9.99. The molecule has 0 saturated carbocycles. The fourth-order valence-corrected chi connectivity index (χ4v) is 2.42. The average Bonchev–Trinajstić information content (AvgIpc) is 2.47. The van der Waals surface area contributed by atoms with E-state index in [1.54, 1.807) is 29.2 Å². The van der Waals surface area contributed by atoms with E-state index in [0.29, 0.717) is 26.1 Å². The van der Waals surface area contributed by atoms with Gasteiger partial charge >= 0.3 is 12.0 Å². The van der Waals surface area contributed by atoms with Crippen molar-refractivity contribution in [3.05, 3.63) is 30.1 Å². The van der Waals surface area contributed by atoms with Crippen LogP contribution in [0.2, 0.25) is 0 Å². The van der Waals surface area contributed by atoms with E-state index in [-0.39, 0.29) is 6.03 Å². The second kappa shape index (κ2) is 6.36. The largest absolute Gasteiger partial charge is 0.481 e. The number of aliphatic carboxylic acids is 1. The van der Waals surface area contributed by atoms with Crippen LogP contribution in [0.3, 0.4) is 0 Å². The molecule has 0 aliphatic carbocycles. The number of urea groups is 1. The summed E-state index contributed by atoms with van der Waals surface area (Å²) >= 11 is 0. The summed E-state index contributed by atoms with van der Waals surface area (Å²) in [7, 11) is 1.73. The minimum absolute atomic E-state index is 0.118. The van der Waals surface area contributed by atoms with Crippen LogP contribution in [0.1, 0.15) is 18.4 Å². The van der Waals surface area contributed by atoms with Crippen molar-refractivity contribution in [1.82, 2.24) is 14.8 Å². The molecule has 2 rings (SSSR count). The Morgan fingerprint density at radius 2 is 2.15 bits per heavy atom. The van der Waals surface area contributed by atoms with Crippen LogP contribution in [0.4, 0.5) is 4.79 Å². The fourth-order valence-electron chi connectivity index (χ4n) is 2.42. The Kier molecular flexibility index (Phi) is 4.55. The second-order valence-corrected chi connectivity index (χ2v) is 5.12. The highest BCUT2D eigenvalue weighted by molar-refractivity contribution is 5.76. The lowest BCUT2D eigenvalue weighted by Gasteiger charge is -2.33. The second-order valence-electron chi connectivity index (χ2n) is 5.12. The van der Waals surface area contributed by atoms with Crippen molar-refractivity contribution in [2.24, 2.45) is 5.92 Å². The van der Waals surface area contributed by atoms with E-state index < -0.39 is 11.9 Å². The van der Waals surface area contributed by atoms with E-state index >= 15 is 0 Å². The van der Waals surface area contributed by atoms with Gasteiger partial charge in [0.2, 0.25) is 0 Å². The molecule has 20 heavy (non-hydrogen) atoms. The van der Waals surface area contributed by atoms with Crippen molar-refractivity contribution in [2.75, 3.05) is 20.1 Å². The Labute approximate surface area is 118 Å². The molecule has 1 aliphatic rings. The van der Waals surface area contributed by atoms with Gasteiger partial charge in [0, 0.05) is 39.1 Å². The first-order valence-corrected chi connectivity index (χ1v) is 6.69. The molecule has 1 unspecified atom stereocenters. The number of hydrogen-bond acceptors (Lipinski definition) is 3. The highest BCUT2D eigenvalue weighted by Gasteiger charge is 2.29. The summed E-state index contributed by atoms with van der Waals surface area (Å²) in [6, 6.07) is 3.60. The molecule has 1 fully saturated rings. The highest BCUT2D eigenvalue weighted by atomic mass is 16.4. The maximum Gasteiger partial charge on any atom is 0.320 e. The third-order valence-electron chi connectivity index (χ3n) is 3.54. The van der Waals surface area contributed by atoms with Crippen molar-refractivity contribution < 1.29 is 14.7 Å². The first-order chi connectivity index (χ1) is 9.58. The first kappa shape index (κ1) is 14.3. The van der Waals surface area contributed by atoms with Gasteiger partial charge in [0.15, 0.2) is 0 Å². The van der Waals surface area contributed by atoms with Crippen molar-refractivity contribution in [3.63, 3.8) is 0 Å². The smallest absolute Gasteiger partial charge is 0.320 e. The van der Waals surface area contributed by atoms with Gasteiger partial charge in [0.05, 0.1) is 5.92 Å². The zero-order chi connectivity index (χ0) is 14.5. The molecule has 2 heterocycles. The van der Waals surface area contributed by atoms with E-state index in [0.717, 1.165) is 12.0 Å². The first-order valence-electron chi connectivity index (χ1n) is 6.69. The van der Waals surface area contributed by atoms with Crippen molar-refractivity contribution in [1.29, 1.82) is 0 Å². The molecular formula is C14H19N3O3. The minimum Gasteiger partial charge on any atom is -0.481 e. The van der Waals surface area contributed by atoms with Crippen molar-refractivity contribution >= 4 is 12.0 Å². The third kappa shape index (κ3) is 3.46. The quantitative estimate of drug-likeness (QED) is 0.907. The predicted molar refractivity (Wildman–Crippen MR) is 73.0 cm³/mol. The lowest BCUT2D eigenvalue weighted by Crippen LogP contribution is -2.47. The van der Waals surface area contributed by atoms with Crippen LogP contribution >= 0.6 is 0 Å². The van der Waals surface area contributed by atoms with Crippen LogP contribution in [0.5, 0.6) is 0 Å². The van der Waals surface area contributed by atoms with Crippen LogP contribution in [0.15, 0.2) is 24.5 Å². The monoisotopic (exact) mass is 277 g/mol. The zero-order valence-corrected chi connectivity index (χ0v) is 11.5. The van der Waals surface area contributed by atoms with Crippen molar-refractivity contribution in [2.45, 2.75) is 19.4 Å². The molecule has 1 aliphatic heterocycles. The van der Waals surface area contributed by atoms with E-state index in [4.69, 9.17) is 5.11 Å². The molecule has 108 valence electrons. The zero-order valence-electron chi connectivity index (χ0n) is 11.5. The number of carbonyl (C=O) groups excluding carboxylic acids is 1. The van der Waals surface area contributed by atoms with Gasteiger partial charge in [-0.15, -0.1) is 0 Å². The SMILES string of the molecule is CN(Cc1ccncc1)C(=O)N1CCCC(C(=O)O)C1. The van der Waals surface area contributed by atoms with E-state index in [1.165, 1.54) is 0 Å². The molecule has 2 amide bonds. The Morgan fingerprint density at radius 3 is 2.80 bits per heavy atom. The molecule has 1 saturated heterocycles. The number of aromatic nitrogens is 1. The Balaban J connectivity index is 1.94. The van der Waals surface area contributed by atoms with Gasteiger partial charge in [-0.3, -0.25) is 9.78 Å². The topological polar surface area (TPSA) is 73.7 Å². The maximum absolute atomic E-state index is 12.3. The number of amides is 2. The van der Waals surface area contributed by atoms with Gasteiger partial charge in [0.1, 0.15) is 0 Å². The number of carbonyl (C=O) groups is 2. The summed E-state index contributed by atoms with van der Waals surface area (Å²) in [5.74, 6) is -1.26. The number of hydrogen-bond donors (Lipinski definition) is 1. The number of carboxylic acids is 1. The third-order valence-corrected chi connectivity index (χ3v) is 3.54. The molecule has 6 nitrogen and oxygen atoms in total. The summed E-state index contributed by atoms with van der Waals surface area (Å²) < 4.78 is 0. The normalized spacial score (nSPS) is 18.6. The van der Waals surface area contributed by atoms with Crippen LogP contribution in [-0.2, 0) is 11.3 Å².